The van der Waals surface area contributed by atoms with Gasteiger partial charge in [-0.2, -0.15) is 0 Å². The summed E-state index contributed by atoms with van der Waals surface area (Å²) in [6, 6.07) is 13.4. The molecule has 0 atom stereocenters. The van der Waals surface area contributed by atoms with E-state index in [1.165, 1.54) is 11.8 Å². The first kappa shape index (κ1) is 15.7. The second-order valence-corrected chi connectivity index (χ2v) is 6.90. The number of pyridine rings is 1. The largest absolute Gasteiger partial charge is 0.325 e. The Kier molecular flexibility index (Phi) is 5.05. The summed E-state index contributed by atoms with van der Waals surface area (Å²) in [6.07, 6.45) is 1.72. The lowest BCUT2D eigenvalue weighted by Crippen LogP contribution is -2.14. The van der Waals surface area contributed by atoms with Crippen molar-refractivity contribution in [3.05, 3.63) is 59.0 Å². The highest BCUT2D eigenvalue weighted by molar-refractivity contribution is 7.99. The minimum Gasteiger partial charge on any atom is -0.325 e. The van der Waals surface area contributed by atoms with E-state index in [0.717, 1.165) is 27.0 Å². The number of nitrogens with zero attached hydrogens (tertiary/aromatic N) is 2. The van der Waals surface area contributed by atoms with Crippen molar-refractivity contribution in [2.75, 3.05) is 11.1 Å². The van der Waals surface area contributed by atoms with Gasteiger partial charge in [-0.15, -0.1) is 11.3 Å². The SMILES string of the molecule is Cc1nc(-c2cccc(NC(=O)CSc3ccccn3)c2)cs1. The number of aryl methyl sites for hydroxylation is 1. The number of rotatable bonds is 5. The molecule has 116 valence electrons. The molecule has 1 aromatic carbocycles. The van der Waals surface area contributed by atoms with Crippen LogP contribution in [0.15, 0.2) is 59.1 Å². The van der Waals surface area contributed by atoms with Crippen molar-refractivity contribution in [2.24, 2.45) is 0 Å². The number of nitrogens with one attached hydrogen (secondary N) is 1. The molecule has 0 fully saturated rings. The molecule has 0 saturated carbocycles. The third-order valence-electron chi connectivity index (χ3n) is 3.05. The molecule has 0 radical (unpaired) electrons. The van der Waals surface area contributed by atoms with E-state index in [0.29, 0.717) is 5.75 Å². The Bertz CT molecular complexity index is 802. The molecule has 6 heteroatoms. The number of thioether (sulfide) groups is 1. The molecule has 3 aromatic rings. The number of thiazole rings is 1. The van der Waals surface area contributed by atoms with E-state index in [-0.39, 0.29) is 5.91 Å². The van der Waals surface area contributed by atoms with Crippen molar-refractivity contribution in [1.29, 1.82) is 0 Å². The smallest absolute Gasteiger partial charge is 0.234 e. The average molecular weight is 341 g/mol. The van der Waals surface area contributed by atoms with Crippen LogP contribution < -0.4 is 5.32 Å². The monoisotopic (exact) mass is 341 g/mol. The zero-order valence-electron chi connectivity index (χ0n) is 12.5. The van der Waals surface area contributed by atoms with Crippen molar-refractivity contribution >= 4 is 34.7 Å². The molecule has 1 N–H and O–H groups in total. The maximum absolute atomic E-state index is 12.1. The average Bonchev–Trinajstić information content (AvgIpc) is 3.01. The van der Waals surface area contributed by atoms with Gasteiger partial charge in [0.25, 0.3) is 0 Å². The molecule has 2 heterocycles. The first-order valence-corrected chi connectivity index (χ1v) is 8.93. The van der Waals surface area contributed by atoms with Gasteiger partial charge in [0, 0.05) is 22.8 Å². The van der Waals surface area contributed by atoms with Crippen molar-refractivity contribution < 1.29 is 4.79 Å². The molecule has 0 aliphatic rings. The van der Waals surface area contributed by atoms with E-state index in [1.54, 1.807) is 17.5 Å². The Morgan fingerprint density at radius 2 is 2.17 bits per heavy atom. The predicted octanol–water partition coefficient (Wildman–Crippen LogP) is 4.24. The molecule has 0 unspecified atom stereocenters. The summed E-state index contributed by atoms with van der Waals surface area (Å²) in [7, 11) is 0. The number of hydrogen-bond donors (Lipinski definition) is 1. The number of carbonyl (C=O) groups excluding carboxylic acids is 1. The van der Waals surface area contributed by atoms with Gasteiger partial charge in [0.2, 0.25) is 5.91 Å². The molecule has 2 aromatic heterocycles. The van der Waals surface area contributed by atoms with Gasteiger partial charge in [0.05, 0.1) is 21.5 Å². The topological polar surface area (TPSA) is 54.9 Å². The minimum atomic E-state index is -0.0488. The fourth-order valence-corrected chi connectivity index (χ4v) is 3.30. The Morgan fingerprint density at radius 1 is 1.26 bits per heavy atom. The first-order valence-electron chi connectivity index (χ1n) is 7.07. The fourth-order valence-electron chi connectivity index (χ4n) is 2.02. The number of anilines is 1. The highest BCUT2D eigenvalue weighted by Gasteiger charge is 2.07. The van der Waals surface area contributed by atoms with Crippen LogP contribution in [0.25, 0.3) is 11.3 Å². The molecule has 23 heavy (non-hydrogen) atoms. The third kappa shape index (κ3) is 4.40. The van der Waals surface area contributed by atoms with E-state index in [9.17, 15) is 4.79 Å². The zero-order chi connectivity index (χ0) is 16.1. The van der Waals surface area contributed by atoms with Gasteiger partial charge in [-0.25, -0.2) is 9.97 Å². The normalized spacial score (nSPS) is 10.5. The van der Waals surface area contributed by atoms with Crippen LogP contribution in [-0.4, -0.2) is 21.6 Å². The molecule has 1 amide bonds. The van der Waals surface area contributed by atoms with Crippen molar-refractivity contribution in [1.82, 2.24) is 9.97 Å². The maximum Gasteiger partial charge on any atom is 0.234 e. The summed E-state index contributed by atoms with van der Waals surface area (Å²) in [5, 5.41) is 6.81. The molecule has 0 saturated heterocycles. The summed E-state index contributed by atoms with van der Waals surface area (Å²) in [5.41, 5.74) is 2.72. The molecule has 4 nitrogen and oxygen atoms in total. The van der Waals surface area contributed by atoms with E-state index in [4.69, 9.17) is 0 Å². The standard InChI is InChI=1S/C17H15N3OS2/c1-12-19-15(10-22-12)13-5-4-6-14(9-13)20-16(21)11-23-17-7-2-3-8-18-17/h2-10H,11H2,1H3,(H,20,21). The van der Waals surface area contributed by atoms with Crippen LogP contribution in [0.5, 0.6) is 0 Å². The van der Waals surface area contributed by atoms with Crippen LogP contribution in [0.1, 0.15) is 5.01 Å². The first-order chi connectivity index (χ1) is 11.2. The number of hydrogen-bond acceptors (Lipinski definition) is 5. The van der Waals surface area contributed by atoms with Crippen molar-refractivity contribution in [3.8, 4) is 11.3 Å². The number of aromatic nitrogens is 2. The molecule has 0 aliphatic carbocycles. The van der Waals surface area contributed by atoms with Gasteiger partial charge in [0.1, 0.15) is 0 Å². The maximum atomic E-state index is 12.1. The Morgan fingerprint density at radius 3 is 2.91 bits per heavy atom. The van der Waals surface area contributed by atoms with E-state index in [1.807, 2.05) is 54.8 Å². The molecular formula is C17H15N3OS2. The zero-order valence-corrected chi connectivity index (χ0v) is 14.2. The quantitative estimate of drug-likeness (QED) is 0.705. The van der Waals surface area contributed by atoms with Crippen molar-refractivity contribution in [3.63, 3.8) is 0 Å². The lowest BCUT2D eigenvalue weighted by Gasteiger charge is -2.06. The second kappa shape index (κ2) is 7.39. The van der Waals surface area contributed by atoms with Gasteiger partial charge in [-0.05, 0) is 31.2 Å². The molecule has 3 rings (SSSR count). The van der Waals surface area contributed by atoms with Crippen LogP contribution >= 0.6 is 23.1 Å². The minimum absolute atomic E-state index is 0.0488. The number of amides is 1. The van der Waals surface area contributed by atoms with Crippen LogP contribution in [0.4, 0.5) is 5.69 Å². The highest BCUT2D eigenvalue weighted by Crippen LogP contribution is 2.24. The number of benzene rings is 1. The van der Waals surface area contributed by atoms with E-state index >= 15 is 0 Å². The third-order valence-corrected chi connectivity index (χ3v) is 4.77. The van der Waals surface area contributed by atoms with E-state index < -0.39 is 0 Å². The molecular weight excluding hydrogens is 326 g/mol. The second-order valence-electron chi connectivity index (χ2n) is 4.84. The fraction of sp³-hybridized carbons (Fsp3) is 0.118. The van der Waals surface area contributed by atoms with Crippen LogP contribution in [0.3, 0.4) is 0 Å². The summed E-state index contributed by atoms with van der Waals surface area (Å²) < 4.78 is 0. The highest BCUT2D eigenvalue weighted by atomic mass is 32.2. The van der Waals surface area contributed by atoms with Gasteiger partial charge in [0.15, 0.2) is 0 Å². The van der Waals surface area contributed by atoms with Crippen molar-refractivity contribution in [2.45, 2.75) is 11.9 Å². The molecule has 0 spiro atoms. The van der Waals surface area contributed by atoms with Gasteiger partial charge in [-0.3, -0.25) is 4.79 Å². The van der Waals surface area contributed by atoms with E-state index in [2.05, 4.69) is 15.3 Å². The summed E-state index contributed by atoms with van der Waals surface area (Å²) in [4.78, 5) is 20.7. The lowest BCUT2D eigenvalue weighted by atomic mass is 10.1. The molecule has 0 aliphatic heterocycles. The summed E-state index contributed by atoms with van der Waals surface area (Å²) in [5.74, 6) is 0.282. The van der Waals surface area contributed by atoms with Gasteiger partial charge in [-0.1, -0.05) is 30.0 Å². The van der Waals surface area contributed by atoms with Crippen LogP contribution in [-0.2, 0) is 4.79 Å². The Hall–Kier alpha value is -2.18. The lowest BCUT2D eigenvalue weighted by molar-refractivity contribution is -0.113. The molecule has 0 bridgehead atoms. The van der Waals surface area contributed by atoms with Crippen LogP contribution in [0, 0.1) is 6.92 Å². The van der Waals surface area contributed by atoms with Crippen LogP contribution in [0.2, 0.25) is 0 Å². The van der Waals surface area contributed by atoms with Gasteiger partial charge < -0.3 is 5.32 Å². The Balaban J connectivity index is 1.62. The van der Waals surface area contributed by atoms with Gasteiger partial charge >= 0.3 is 0 Å². The number of carbonyl (C=O) groups is 1. The Labute approximate surface area is 143 Å². The summed E-state index contributed by atoms with van der Waals surface area (Å²) in [6.45, 7) is 1.98. The summed E-state index contributed by atoms with van der Waals surface area (Å²) >= 11 is 3.03. The predicted molar refractivity (Wildman–Crippen MR) is 95.9 cm³/mol.